The summed E-state index contributed by atoms with van der Waals surface area (Å²) in [5.74, 6) is 0. The Morgan fingerprint density at radius 2 is 0.911 bits per heavy atom. The van der Waals surface area contributed by atoms with Gasteiger partial charge in [-0.2, -0.15) is 0 Å². The number of hydrogen-bond acceptors (Lipinski definition) is 2. The van der Waals surface area contributed by atoms with Gasteiger partial charge in [0.1, 0.15) is 0 Å². The van der Waals surface area contributed by atoms with Gasteiger partial charge in [0, 0.05) is 44.9 Å². The van der Waals surface area contributed by atoms with Gasteiger partial charge in [0.2, 0.25) is 0 Å². The van der Waals surface area contributed by atoms with Crippen LogP contribution >= 0.6 is 0 Å². The van der Waals surface area contributed by atoms with Crippen LogP contribution in [0.1, 0.15) is 0 Å². The monoisotopic (exact) mass is 714 g/mol. The number of nitrogens with zero attached hydrogens (tertiary/aromatic N) is 4. The number of rotatable bonds is 6. The first-order valence-corrected chi connectivity index (χ1v) is 19.0. The minimum absolute atomic E-state index is 0.958. The molecule has 56 heavy (non-hydrogen) atoms. The first-order valence-electron chi connectivity index (χ1n) is 19.0. The van der Waals surface area contributed by atoms with E-state index in [1.54, 1.807) is 0 Å². The molecule has 4 heterocycles. The highest BCUT2D eigenvalue weighted by molar-refractivity contribution is 6.17. The summed E-state index contributed by atoms with van der Waals surface area (Å²) in [7, 11) is 0. The fraction of sp³-hybridized carbons (Fsp3) is 0. The molecule has 0 aliphatic carbocycles. The standard InChI is InChI=1S/C52H34N4/c1-4-14-36(15-5-1)45-33-39(34-46(54-45)37-16-6-2-7-17-37)35-25-28-41(29-26-35)55-47-22-11-10-20-43(47)51-42(21-12-23-49(51)55)38-27-30-48-44(32-38)52-50(24-13-31-53-52)56(48)40-18-8-3-9-19-40/h1-34H. The van der Waals surface area contributed by atoms with E-state index in [-0.39, 0.29) is 0 Å². The Morgan fingerprint density at radius 3 is 1.64 bits per heavy atom. The Hall–Kier alpha value is -7.56. The largest absolute Gasteiger partial charge is 0.309 e. The molecular formula is C52H34N4. The van der Waals surface area contributed by atoms with Crippen LogP contribution in [-0.4, -0.2) is 19.1 Å². The van der Waals surface area contributed by atoms with Crippen molar-refractivity contribution in [3.05, 3.63) is 206 Å². The minimum Gasteiger partial charge on any atom is -0.309 e. The van der Waals surface area contributed by atoms with Crippen LogP contribution in [0.4, 0.5) is 0 Å². The zero-order valence-electron chi connectivity index (χ0n) is 30.4. The lowest BCUT2D eigenvalue weighted by Gasteiger charge is -2.12. The van der Waals surface area contributed by atoms with Crippen LogP contribution < -0.4 is 0 Å². The summed E-state index contributed by atoms with van der Waals surface area (Å²) >= 11 is 0. The van der Waals surface area contributed by atoms with Crippen LogP contribution in [0.2, 0.25) is 0 Å². The van der Waals surface area contributed by atoms with Crippen molar-refractivity contribution in [2.45, 2.75) is 0 Å². The number of aromatic nitrogens is 4. The number of hydrogen-bond donors (Lipinski definition) is 0. The van der Waals surface area contributed by atoms with Crippen LogP contribution in [-0.2, 0) is 0 Å². The van der Waals surface area contributed by atoms with Gasteiger partial charge in [-0.1, -0.05) is 127 Å². The van der Waals surface area contributed by atoms with Gasteiger partial charge in [0.05, 0.1) is 39.0 Å². The van der Waals surface area contributed by atoms with Crippen molar-refractivity contribution in [3.8, 4) is 56.1 Å². The highest BCUT2D eigenvalue weighted by atomic mass is 15.0. The van der Waals surface area contributed by atoms with E-state index in [1.807, 2.05) is 24.4 Å². The van der Waals surface area contributed by atoms with Crippen LogP contribution in [0.5, 0.6) is 0 Å². The van der Waals surface area contributed by atoms with E-state index >= 15 is 0 Å². The third kappa shape index (κ3) is 5.23. The van der Waals surface area contributed by atoms with Gasteiger partial charge in [-0.15, -0.1) is 0 Å². The lowest BCUT2D eigenvalue weighted by molar-refractivity contribution is 1.18. The summed E-state index contributed by atoms with van der Waals surface area (Å²) in [6, 6.07) is 71.2. The molecule has 0 N–H and O–H groups in total. The average molecular weight is 715 g/mol. The summed E-state index contributed by atoms with van der Waals surface area (Å²) in [6.07, 6.45) is 1.89. The normalized spacial score (nSPS) is 11.6. The van der Waals surface area contributed by atoms with Crippen molar-refractivity contribution < 1.29 is 0 Å². The second kappa shape index (κ2) is 13.1. The highest BCUT2D eigenvalue weighted by Gasteiger charge is 2.19. The van der Waals surface area contributed by atoms with E-state index in [2.05, 4.69) is 191 Å². The van der Waals surface area contributed by atoms with Crippen molar-refractivity contribution in [2.24, 2.45) is 0 Å². The topological polar surface area (TPSA) is 35.6 Å². The summed E-state index contributed by atoms with van der Waals surface area (Å²) in [6.45, 7) is 0. The molecule has 262 valence electrons. The Morgan fingerprint density at radius 1 is 0.339 bits per heavy atom. The predicted octanol–water partition coefficient (Wildman–Crippen LogP) is 13.3. The minimum atomic E-state index is 0.958. The molecule has 0 spiro atoms. The van der Waals surface area contributed by atoms with E-state index < -0.39 is 0 Å². The fourth-order valence-corrected chi connectivity index (χ4v) is 8.41. The fourth-order valence-electron chi connectivity index (χ4n) is 8.41. The third-order valence-corrected chi connectivity index (χ3v) is 11.0. The van der Waals surface area contributed by atoms with Crippen LogP contribution in [0.25, 0.3) is 99.9 Å². The van der Waals surface area contributed by atoms with Gasteiger partial charge in [-0.3, -0.25) is 4.98 Å². The first kappa shape index (κ1) is 31.9. The third-order valence-electron chi connectivity index (χ3n) is 11.0. The van der Waals surface area contributed by atoms with Gasteiger partial charge >= 0.3 is 0 Å². The SMILES string of the molecule is c1ccc(-c2cc(-c3ccc(-n4c5ccccc5c5c(-c6ccc7c(c6)c6ncccc6n7-c6ccccc6)cccc54)cc3)cc(-c3ccccc3)n2)cc1. The van der Waals surface area contributed by atoms with Gasteiger partial charge in [0.25, 0.3) is 0 Å². The Kier molecular flexibility index (Phi) is 7.46. The van der Waals surface area contributed by atoms with Crippen LogP contribution in [0, 0.1) is 0 Å². The van der Waals surface area contributed by atoms with Crippen molar-refractivity contribution in [1.82, 2.24) is 19.1 Å². The lowest BCUT2D eigenvalue weighted by atomic mass is 9.98. The van der Waals surface area contributed by atoms with E-state index in [4.69, 9.17) is 9.97 Å². The number of benzene rings is 7. The Balaban J connectivity index is 1.05. The van der Waals surface area contributed by atoms with Crippen molar-refractivity contribution in [3.63, 3.8) is 0 Å². The molecule has 0 fully saturated rings. The maximum absolute atomic E-state index is 5.10. The molecule has 0 aliphatic rings. The van der Waals surface area contributed by atoms with Crippen LogP contribution in [0.15, 0.2) is 206 Å². The molecule has 0 saturated heterocycles. The molecule has 0 aliphatic heterocycles. The molecule has 4 aromatic heterocycles. The van der Waals surface area contributed by atoms with Gasteiger partial charge in [0.15, 0.2) is 0 Å². The zero-order chi connectivity index (χ0) is 37.0. The Bertz CT molecular complexity index is 3160. The van der Waals surface area contributed by atoms with Gasteiger partial charge in [-0.25, -0.2) is 4.98 Å². The van der Waals surface area contributed by atoms with E-state index in [1.165, 1.54) is 32.9 Å². The molecule has 4 heteroatoms. The van der Waals surface area contributed by atoms with Gasteiger partial charge < -0.3 is 9.13 Å². The quantitative estimate of drug-likeness (QED) is 0.172. The maximum atomic E-state index is 5.10. The van der Waals surface area contributed by atoms with Crippen molar-refractivity contribution >= 4 is 43.7 Å². The smallest absolute Gasteiger partial charge is 0.0963 e. The number of para-hydroxylation sites is 2. The van der Waals surface area contributed by atoms with Crippen molar-refractivity contribution in [1.29, 1.82) is 0 Å². The lowest BCUT2D eigenvalue weighted by Crippen LogP contribution is -1.94. The molecule has 11 rings (SSSR count). The molecule has 0 atom stereocenters. The van der Waals surface area contributed by atoms with Crippen molar-refractivity contribution in [2.75, 3.05) is 0 Å². The predicted molar refractivity (Wildman–Crippen MR) is 232 cm³/mol. The van der Waals surface area contributed by atoms with E-state index in [9.17, 15) is 0 Å². The molecule has 11 aromatic rings. The molecule has 4 nitrogen and oxygen atoms in total. The summed E-state index contributed by atoms with van der Waals surface area (Å²) in [4.78, 5) is 9.98. The molecule has 0 bridgehead atoms. The zero-order valence-corrected chi connectivity index (χ0v) is 30.4. The molecule has 0 amide bonds. The maximum Gasteiger partial charge on any atom is 0.0963 e. The molecular weight excluding hydrogens is 681 g/mol. The molecule has 7 aromatic carbocycles. The highest BCUT2D eigenvalue weighted by Crippen LogP contribution is 2.41. The molecule has 0 saturated carbocycles. The second-order valence-electron chi connectivity index (χ2n) is 14.2. The average Bonchev–Trinajstić information content (AvgIpc) is 3.80. The Labute approximate surface area is 324 Å². The molecule has 0 unspecified atom stereocenters. The van der Waals surface area contributed by atoms with E-state index in [0.29, 0.717) is 0 Å². The number of pyridine rings is 2. The summed E-state index contributed by atoms with van der Waals surface area (Å²) in [5.41, 5.74) is 16.6. The summed E-state index contributed by atoms with van der Waals surface area (Å²) < 4.78 is 4.71. The first-order chi connectivity index (χ1) is 27.8. The van der Waals surface area contributed by atoms with E-state index in [0.717, 1.165) is 67.0 Å². The molecule has 0 radical (unpaired) electrons. The summed E-state index contributed by atoms with van der Waals surface area (Å²) in [5, 5.41) is 3.60. The number of fused-ring (bicyclic) bond motifs is 6. The second-order valence-corrected chi connectivity index (χ2v) is 14.2. The van der Waals surface area contributed by atoms with Gasteiger partial charge in [-0.05, 0) is 95.1 Å². The van der Waals surface area contributed by atoms with Crippen LogP contribution in [0.3, 0.4) is 0 Å².